The number of rotatable bonds is 4. The van der Waals surface area contributed by atoms with Crippen molar-refractivity contribution in [3.05, 3.63) is 29.6 Å². The Labute approximate surface area is 109 Å². The lowest BCUT2D eigenvalue weighted by Crippen LogP contribution is -2.32. The smallest absolute Gasteiger partial charge is 0.337 e. The van der Waals surface area contributed by atoms with E-state index in [4.69, 9.17) is 10.8 Å². The van der Waals surface area contributed by atoms with E-state index in [0.717, 1.165) is 5.52 Å². The van der Waals surface area contributed by atoms with Crippen molar-refractivity contribution in [1.29, 1.82) is 0 Å². The highest BCUT2D eigenvalue weighted by Gasteiger charge is 2.14. The molecule has 19 heavy (non-hydrogen) atoms. The number of carbonyl (C=O) groups is 2. The maximum atomic E-state index is 11.1. The number of carboxylic acid groups (broad SMARTS) is 1. The minimum Gasteiger partial charge on any atom is -0.478 e. The van der Waals surface area contributed by atoms with Crippen LogP contribution in [0.2, 0.25) is 0 Å². The van der Waals surface area contributed by atoms with Crippen LogP contribution in [-0.2, 0) is 6.54 Å². The molecule has 4 N–H and O–H groups in total. The highest BCUT2D eigenvalue weighted by Crippen LogP contribution is 2.19. The molecule has 0 radical (unpaired) electrons. The third-order valence-electron chi connectivity index (χ3n) is 2.83. The molecule has 0 aliphatic rings. The number of aromatic carboxylic acids is 1. The monoisotopic (exact) mass is 262 g/mol. The Morgan fingerprint density at radius 2 is 2.21 bits per heavy atom. The summed E-state index contributed by atoms with van der Waals surface area (Å²) >= 11 is 0. The van der Waals surface area contributed by atoms with Crippen LogP contribution in [0.5, 0.6) is 0 Å². The lowest BCUT2D eigenvalue weighted by Gasteiger charge is -2.07. The molecule has 0 atom stereocenters. The number of urea groups is 1. The summed E-state index contributed by atoms with van der Waals surface area (Å²) in [7, 11) is 0. The van der Waals surface area contributed by atoms with Gasteiger partial charge in [0.15, 0.2) is 0 Å². The molecule has 0 aliphatic carbocycles. The van der Waals surface area contributed by atoms with Crippen molar-refractivity contribution >= 4 is 23.0 Å². The van der Waals surface area contributed by atoms with Gasteiger partial charge in [0.25, 0.3) is 0 Å². The van der Waals surface area contributed by atoms with E-state index < -0.39 is 12.0 Å². The number of primary amides is 1. The molecule has 0 spiro atoms. The van der Waals surface area contributed by atoms with Crippen molar-refractivity contribution in [2.75, 3.05) is 6.54 Å². The van der Waals surface area contributed by atoms with E-state index in [1.807, 2.05) is 4.57 Å². The highest BCUT2D eigenvalue weighted by molar-refractivity contribution is 6.01. The van der Waals surface area contributed by atoms with Crippen LogP contribution in [0.1, 0.15) is 16.2 Å². The van der Waals surface area contributed by atoms with Crippen LogP contribution >= 0.6 is 0 Å². The van der Waals surface area contributed by atoms with Gasteiger partial charge in [0.05, 0.1) is 11.1 Å². The lowest BCUT2D eigenvalue weighted by molar-refractivity contribution is 0.0699. The molecule has 7 nitrogen and oxygen atoms in total. The minimum absolute atomic E-state index is 0.169. The van der Waals surface area contributed by atoms with E-state index in [9.17, 15) is 9.59 Å². The Bertz CT molecular complexity index is 648. The van der Waals surface area contributed by atoms with E-state index in [-0.39, 0.29) is 5.56 Å². The van der Waals surface area contributed by atoms with Gasteiger partial charge < -0.3 is 20.7 Å². The molecule has 1 aromatic carbocycles. The molecule has 100 valence electrons. The molecule has 2 aromatic rings. The van der Waals surface area contributed by atoms with Crippen molar-refractivity contribution in [2.24, 2.45) is 5.73 Å². The Morgan fingerprint density at radius 3 is 2.84 bits per heavy atom. The molecule has 0 fully saturated rings. The summed E-state index contributed by atoms with van der Waals surface area (Å²) in [4.78, 5) is 26.0. The second-order valence-corrected chi connectivity index (χ2v) is 4.08. The van der Waals surface area contributed by atoms with Gasteiger partial charge in [-0.25, -0.2) is 14.6 Å². The van der Waals surface area contributed by atoms with Gasteiger partial charge in [0.2, 0.25) is 0 Å². The Hall–Kier alpha value is -2.57. The summed E-state index contributed by atoms with van der Waals surface area (Å²) in [5, 5.41) is 11.6. The maximum absolute atomic E-state index is 11.1. The quantitative estimate of drug-likeness (QED) is 0.753. The minimum atomic E-state index is -1.01. The van der Waals surface area contributed by atoms with Gasteiger partial charge >= 0.3 is 12.0 Å². The first kappa shape index (κ1) is 12.9. The first-order valence-electron chi connectivity index (χ1n) is 5.73. The number of benzene rings is 1. The van der Waals surface area contributed by atoms with Gasteiger partial charge in [-0.2, -0.15) is 0 Å². The van der Waals surface area contributed by atoms with Gasteiger partial charge in [0.1, 0.15) is 11.3 Å². The summed E-state index contributed by atoms with van der Waals surface area (Å²) in [6.45, 7) is 2.63. The number of aromatic nitrogens is 2. The predicted molar refractivity (Wildman–Crippen MR) is 69.0 cm³/mol. The average molecular weight is 262 g/mol. The average Bonchev–Trinajstić information content (AvgIpc) is 2.65. The molecule has 0 saturated heterocycles. The number of hydrogen-bond acceptors (Lipinski definition) is 3. The highest BCUT2D eigenvalue weighted by atomic mass is 16.4. The van der Waals surface area contributed by atoms with E-state index >= 15 is 0 Å². The molecule has 0 saturated carbocycles. The molecule has 1 heterocycles. The lowest BCUT2D eigenvalue weighted by atomic mass is 10.2. The molecule has 1 aromatic heterocycles. The van der Waals surface area contributed by atoms with E-state index in [0.29, 0.717) is 24.4 Å². The number of fused-ring (bicyclic) bond motifs is 1. The van der Waals surface area contributed by atoms with E-state index in [1.165, 1.54) is 6.07 Å². The molecule has 2 rings (SSSR count). The number of amides is 2. The number of carbonyl (C=O) groups excluding carboxylic acids is 1. The van der Waals surface area contributed by atoms with Crippen LogP contribution in [0, 0.1) is 6.92 Å². The van der Waals surface area contributed by atoms with E-state index in [1.54, 1.807) is 19.1 Å². The van der Waals surface area contributed by atoms with Gasteiger partial charge in [-0.1, -0.05) is 6.07 Å². The largest absolute Gasteiger partial charge is 0.478 e. The zero-order valence-corrected chi connectivity index (χ0v) is 10.4. The van der Waals surface area contributed by atoms with Crippen molar-refractivity contribution in [1.82, 2.24) is 14.9 Å². The molecule has 0 bridgehead atoms. The summed E-state index contributed by atoms with van der Waals surface area (Å²) in [5.74, 6) is -0.319. The second-order valence-electron chi connectivity index (χ2n) is 4.08. The Balaban J connectivity index is 2.39. The number of imidazole rings is 1. The fraction of sp³-hybridized carbons (Fsp3) is 0.250. The first-order valence-corrected chi connectivity index (χ1v) is 5.73. The molecule has 0 unspecified atom stereocenters. The molecule has 0 aliphatic heterocycles. The number of nitrogens with two attached hydrogens (primary N) is 1. The van der Waals surface area contributed by atoms with Gasteiger partial charge in [-0.15, -0.1) is 0 Å². The topological polar surface area (TPSA) is 110 Å². The summed E-state index contributed by atoms with van der Waals surface area (Å²) in [5.41, 5.74) is 6.34. The standard InChI is InChI=1S/C12H14N4O3/c1-7-15-10-8(11(17)18)3-2-4-9(10)16(7)6-5-14-12(13)19/h2-4H,5-6H2,1H3,(H,17,18)(H3,13,14,19). The molecular formula is C12H14N4O3. The number of para-hydroxylation sites is 1. The Morgan fingerprint density at radius 1 is 1.47 bits per heavy atom. The van der Waals surface area contributed by atoms with Crippen LogP contribution in [0.25, 0.3) is 11.0 Å². The fourth-order valence-corrected chi connectivity index (χ4v) is 2.01. The summed E-state index contributed by atoms with van der Waals surface area (Å²) in [6, 6.07) is 4.40. The van der Waals surface area contributed by atoms with Crippen LogP contribution in [0.15, 0.2) is 18.2 Å². The predicted octanol–water partition coefficient (Wildman–Crippen LogP) is 0.711. The van der Waals surface area contributed by atoms with Crippen LogP contribution in [0.3, 0.4) is 0 Å². The number of aryl methyl sites for hydroxylation is 1. The summed E-state index contributed by atoms with van der Waals surface area (Å²) < 4.78 is 1.84. The van der Waals surface area contributed by atoms with Crippen LogP contribution in [-0.4, -0.2) is 33.2 Å². The van der Waals surface area contributed by atoms with Crippen molar-refractivity contribution in [3.63, 3.8) is 0 Å². The first-order chi connectivity index (χ1) is 9.00. The van der Waals surface area contributed by atoms with Crippen molar-refractivity contribution < 1.29 is 14.7 Å². The molecular weight excluding hydrogens is 248 g/mol. The third kappa shape index (κ3) is 2.49. The summed E-state index contributed by atoms with van der Waals surface area (Å²) in [6.07, 6.45) is 0. The second kappa shape index (κ2) is 4.97. The van der Waals surface area contributed by atoms with Gasteiger partial charge in [-0.3, -0.25) is 0 Å². The Kier molecular flexibility index (Phi) is 3.37. The SMILES string of the molecule is Cc1nc2c(C(=O)O)cccc2n1CCNC(N)=O. The number of nitrogens with one attached hydrogen (secondary N) is 1. The zero-order chi connectivity index (χ0) is 14.0. The zero-order valence-electron chi connectivity index (χ0n) is 10.4. The normalized spacial score (nSPS) is 10.6. The van der Waals surface area contributed by atoms with Crippen molar-refractivity contribution in [2.45, 2.75) is 13.5 Å². The molecule has 7 heteroatoms. The number of carboxylic acids is 1. The number of hydrogen-bond donors (Lipinski definition) is 3. The van der Waals surface area contributed by atoms with Crippen LogP contribution < -0.4 is 11.1 Å². The van der Waals surface area contributed by atoms with Crippen LogP contribution in [0.4, 0.5) is 4.79 Å². The van der Waals surface area contributed by atoms with Gasteiger partial charge in [0, 0.05) is 13.1 Å². The fourth-order valence-electron chi connectivity index (χ4n) is 2.01. The maximum Gasteiger partial charge on any atom is 0.337 e. The van der Waals surface area contributed by atoms with E-state index in [2.05, 4.69) is 10.3 Å². The van der Waals surface area contributed by atoms with Crippen molar-refractivity contribution in [3.8, 4) is 0 Å². The number of nitrogens with zero attached hydrogens (tertiary/aromatic N) is 2. The van der Waals surface area contributed by atoms with Gasteiger partial charge in [-0.05, 0) is 19.1 Å². The third-order valence-corrected chi connectivity index (χ3v) is 2.83. The molecule has 2 amide bonds.